The zero-order valence-electron chi connectivity index (χ0n) is 11.0. The van der Waals surface area contributed by atoms with Gasteiger partial charge in [-0.25, -0.2) is 0 Å². The van der Waals surface area contributed by atoms with E-state index >= 15 is 0 Å². The number of hydrogen-bond acceptors (Lipinski definition) is 3. The summed E-state index contributed by atoms with van der Waals surface area (Å²) in [6, 6.07) is 7.55. The van der Waals surface area contributed by atoms with Crippen LogP contribution < -0.4 is 4.90 Å². The fourth-order valence-corrected chi connectivity index (χ4v) is 2.28. The molecular formula is C14H21ClNO3+. The highest BCUT2D eigenvalue weighted by molar-refractivity contribution is 6.30. The molecular weight excluding hydrogens is 266 g/mol. The van der Waals surface area contributed by atoms with Crippen molar-refractivity contribution < 1.29 is 19.5 Å². The maximum absolute atomic E-state index is 9.92. The summed E-state index contributed by atoms with van der Waals surface area (Å²) in [5.74, 6) is 0. The SMILES string of the molecule is O[C@H](COCc1ccc(Cl)cc1)C[NH+]1CCOCC1. The number of nitrogens with one attached hydrogen (secondary N) is 1. The predicted octanol–water partition coefficient (Wildman–Crippen LogP) is 0.133. The van der Waals surface area contributed by atoms with E-state index in [9.17, 15) is 5.11 Å². The first-order valence-electron chi connectivity index (χ1n) is 6.65. The molecule has 5 heteroatoms. The summed E-state index contributed by atoms with van der Waals surface area (Å²) in [7, 11) is 0. The normalized spacial score (nSPS) is 18.4. The molecule has 2 rings (SSSR count). The minimum atomic E-state index is -0.416. The van der Waals surface area contributed by atoms with Crippen LogP contribution in [0.3, 0.4) is 0 Å². The number of morpholine rings is 1. The molecule has 1 aromatic carbocycles. The van der Waals surface area contributed by atoms with Crippen LogP contribution in [0.15, 0.2) is 24.3 Å². The summed E-state index contributed by atoms with van der Waals surface area (Å²) >= 11 is 5.81. The number of ether oxygens (including phenoxy) is 2. The summed E-state index contributed by atoms with van der Waals surface area (Å²) < 4.78 is 10.8. The molecule has 1 heterocycles. The Morgan fingerprint density at radius 1 is 1.26 bits per heavy atom. The van der Waals surface area contributed by atoms with Gasteiger partial charge >= 0.3 is 0 Å². The highest BCUT2D eigenvalue weighted by atomic mass is 35.5. The van der Waals surface area contributed by atoms with Crippen LogP contribution in [0, 0.1) is 0 Å². The first-order valence-corrected chi connectivity index (χ1v) is 7.03. The molecule has 19 heavy (non-hydrogen) atoms. The number of aliphatic hydroxyl groups is 1. The van der Waals surface area contributed by atoms with E-state index in [4.69, 9.17) is 21.1 Å². The fraction of sp³-hybridized carbons (Fsp3) is 0.571. The Bertz CT molecular complexity index is 365. The van der Waals surface area contributed by atoms with Crippen LogP contribution in [0.25, 0.3) is 0 Å². The molecule has 0 bridgehead atoms. The van der Waals surface area contributed by atoms with Gasteiger partial charge < -0.3 is 19.5 Å². The van der Waals surface area contributed by atoms with E-state index in [1.165, 1.54) is 4.90 Å². The molecule has 2 N–H and O–H groups in total. The van der Waals surface area contributed by atoms with Crippen LogP contribution in [0.4, 0.5) is 0 Å². The summed E-state index contributed by atoms with van der Waals surface area (Å²) in [6.07, 6.45) is -0.416. The maximum Gasteiger partial charge on any atom is 0.126 e. The van der Waals surface area contributed by atoms with Crippen LogP contribution in [0.2, 0.25) is 5.02 Å². The van der Waals surface area contributed by atoms with Gasteiger partial charge in [0, 0.05) is 5.02 Å². The minimum Gasteiger partial charge on any atom is -0.385 e. The molecule has 0 spiro atoms. The van der Waals surface area contributed by atoms with E-state index in [1.54, 1.807) is 0 Å². The Labute approximate surface area is 118 Å². The molecule has 0 amide bonds. The topological polar surface area (TPSA) is 43.1 Å². The van der Waals surface area contributed by atoms with Crippen molar-refractivity contribution in [3.05, 3.63) is 34.9 Å². The van der Waals surface area contributed by atoms with Gasteiger partial charge in [0.15, 0.2) is 0 Å². The van der Waals surface area contributed by atoms with Crippen LogP contribution in [0.1, 0.15) is 5.56 Å². The number of quaternary nitrogens is 1. The number of halogens is 1. The van der Waals surface area contributed by atoms with Gasteiger partial charge in [-0.05, 0) is 17.7 Å². The lowest BCUT2D eigenvalue weighted by Crippen LogP contribution is -3.15. The first kappa shape index (κ1) is 14.8. The van der Waals surface area contributed by atoms with E-state index in [-0.39, 0.29) is 0 Å². The average molecular weight is 287 g/mol. The largest absolute Gasteiger partial charge is 0.385 e. The maximum atomic E-state index is 9.92. The average Bonchev–Trinajstić information content (AvgIpc) is 2.42. The Kier molecular flexibility index (Phi) is 6.07. The molecule has 0 radical (unpaired) electrons. The molecule has 1 aromatic rings. The molecule has 0 unspecified atom stereocenters. The van der Waals surface area contributed by atoms with Gasteiger partial charge in [-0.15, -0.1) is 0 Å². The van der Waals surface area contributed by atoms with Crippen LogP contribution in [-0.4, -0.2) is 50.7 Å². The molecule has 1 aliphatic heterocycles. The molecule has 106 valence electrons. The monoisotopic (exact) mass is 286 g/mol. The van der Waals surface area contributed by atoms with Gasteiger partial charge in [0.05, 0.1) is 26.4 Å². The number of aliphatic hydroxyl groups excluding tert-OH is 1. The smallest absolute Gasteiger partial charge is 0.126 e. The number of rotatable bonds is 6. The Balaban J connectivity index is 1.63. The van der Waals surface area contributed by atoms with E-state index < -0.39 is 6.10 Å². The molecule has 0 aromatic heterocycles. The zero-order valence-corrected chi connectivity index (χ0v) is 11.7. The van der Waals surface area contributed by atoms with E-state index in [1.807, 2.05) is 24.3 Å². The molecule has 1 aliphatic rings. The Morgan fingerprint density at radius 3 is 2.63 bits per heavy atom. The lowest BCUT2D eigenvalue weighted by molar-refractivity contribution is -0.911. The van der Waals surface area contributed by atoms with Crippen molar-refractivity contribution in [1.82, 2.24) is 0 Å². The standard InChI is InChI=1S/C14H20ClNO3/c15-13-3-1-12(2-4-13)10-19-11-14(17)9-16-5-7-18-8-6-16/h1-4,14,17H,5-11H2/p+1/t14-/m0/s1. The van der Waals surface area contributed by atoms with E-state index in [2.05, 4.69) is 0 Å². The molecule has 0 saturated carbocycles. The molecule has 1 saturated heterocycles. The summed E-state index contributed by atoms with van der Waals surface area (Å²) in [4.78, 5) is 1.38. The molecule has 1 fully saturated rings. The van der Waals surface area contributed by atoms with Gasteiger partial charge in [-0.2, -0.15) is 0 Å². The van der Waals surface area contributed by atoms with E-state index in [0.717, 1.165) is 43.4 Å². The van der Waals surface area contributed by atoms with Crippen molar-refractivity contribution in [2.75, 3.05) is 39.5 Å². The van der Waals surface area contributed by atoms with Crippen LogP contribution in [-0.2, 0) is 16.1 Å². The minimum absolute atomic E-state index is 0.368. The van der Waals surface area contributed by atoms with Gasteiger partial charge in [0.2, 0.25) is 0 Å². The van der Waals surface area contributed by atoms with Gasteiger partial charge in [-0.1, -0.05) is 23.7 Å². The fourth-order valence-electron chi connectivity index (χ4n) is 2.15. The summed E-state index contributed by atoms with van der Waals surface area (Å²) in [5.41, 5.74) is 1.07. The van der Waals surface area contributed by atoms with Crippen molar-refractivity contribution in [2.45, 2.75) is 12.7 Å². The van der Waals surface area contributed by atoms with Gasteiger partial charge in [-0.3, -0.25) is 0 Å². The Morgan fingerprint density at radius 2 is 1.95 bits per heavy atom. The number of benzene rings is 1. The van der Waals surface area contributed by atoms with Gasteiger partial charge in [0.1, 0.15) is 25.7 Å². The quantitative estimate of drug-likeness (QED) is 0.781. The second-order valence-electron chi connectivity index (χ2n) is 4.86. The van der Waals surface area contributed by atoms with Crippen molar-refractivity contribution in [1.29, 1.82) is 0 Å². The molecule has 4 nitrogen and oxygen atoms in total. The second-order valence-corrected chi connectivity index (χ2v) is 5.30. The third kappa shape index (κ3) is 5.47. The van der Waals surface area contributed by atoms with Crippen molar-refractivity contribution in [2.24, 2.45) is 0 Å². The van der Waals surface area contributed by atoms with E-state index in [0.29, 0.717) is 13.2 Å². The summed E-state index contributed by atoms with van der Waals surface area (Å²) in [5, 5.41) is 10.6. The van der Waals surface area contributed by atoms with Crippen LogP contribution >= 0.6 is 11.6 Å². The van der Waals surface area contributed by atoms with Crippen molar-refractivity contribution >= 4 is 11.6 Å². The lowest BCUT2D eigenvalue weighted by atomic mass is 10.2. The zero-order chi connectivity index (χ0) is 13.5. The molecule has 1 atom stereocenters. The van der Waals surface area contributed by atoms with Crippen LogP contribution in [0.5, 0.6) is 0 Å². The number of hydrogen-bond donors (Lipinski definition) is 2. The first-order chi connectivity index (χ1) is 9.24. The predicted molar refractivity (Wildman–Crippen MR) is 73.5 cm³/mol. The highest BCUT2D eigenvalue weighted by Crippen LogP contribution is 2.10. The highest BCUT2D eigenvalue weighted by Gasteiger charge is 2.18. The van der Waals surface area contributed by atoms with Crippen molar-refractivity contribution in [3.63, 3.8) is 0 Å². The third-order valence-electron chi connectivity index (χ3n) is 3.22. The second kappa shape index (κ2) is 7.82. The lowest BCUT2D eigenvalue weighted by Gasteiger charge is -2.25. The third-order valence-corrected chi connectivity index (χ3v) is 3.47. The van der Waals surface area contributed by atoms with Crippen molar-refractivity contribution in [3.8, 4) is 0 Å². The summed E-state index contributed by atoms with van der Waals surface area (Å²) in [6.45, 7) is 5.10. The Hall–Kier alpha value is -0.650. The van der Waals surface area contributed by atoms with Gasteiger partial charge in [0.25, 0.3) is 0 Å². The molecule has 0 aliphatic carbocycles.